The second-order valence-corrected chi connectivity index (χ2v) is 9.22. The van der Waals surface area contributed by atoms with E-state index in [-0.39, 0.29) is 17.2 Å². The predicted molar refractivity (Wildman–Crippen MR) is 121 cm³/mol. The number of amides is 1. The molecule has 1 aromatic heterocycles. The highest BCUT2D eigenvalue weighted by Crippen LogP contribution is 2.49. The summed E-state index contributed by atoms with van der Waals surface area (Å²) in [6.45, 7) is 6.85. The van der Waals surface area contributed by atoms with Crippen LogP contribution in [0.3, 0.4) is 0 Å². The molecule has 2 aliphatic heterocycles. The van der Waals surface area contributed by atoms with Gasteiger partial charge in [0.15, 0.2) is 0 Å². The van der Waals surface area contributed by atoms with Crippen molar-refractivity contribution in [2.75, 3.05) is 26.3 Å². The Labute approximate surface area is 188 Å². The molecule has 1 amide bonds. The molecular weight excluding hydrogens is 402 g/mol. The number of carbonyl (C=O) groups excluding carboxylic acids is 1. The molecule has 0 bridgehead atoms. The summed E-state index contributed by atoms with van der Waals surface area (Å²) in [5, 5.41) is 8.78. The zero-order valence-electron chi connectivity index (χ0n) is 18.7. The summed E-state index contributed by atoms with van der Waals surface area (Å²) >= 11 is 0. The maximum atomic E-state index is 13.3. The Kier molecular flexibility index (Phi) is 5.55. The summed E-state index contributed by atoms with van der Waals surface area (Å²) in [7, 11) is 0. The van der Waals surface area contributed by atoms with E-state index in [1.807, 2.05) is 47.4 Å². The van der Waals surface area contributed by atoms with Gasteiger partial charge in [-0.2, -0.15) is 0 Å². The van der Waals surface area contributed by atoms with Crippen LogP contribution in [0.5, 0.6) is 0 Å². The number of rotatable bonds is 4. The Morgan fingerprint density at radius 2 is 1.81 bits per heavy atom. The number of carbonyl (C=O) groups is 1. The molecule has 2 aliphatic rings. The van der Waals surface area contributed by atoms with Crippen LogP contribution in [0.25, 0.3) is 11.5 Å². The van der Waals surface area contributed by atoms with Gasteiger partial charge in [-0.3, -0.25) is 4.79 Å². The zero-order chi connectivity index (χ0) is 22.1. The van der Waals surface area contributed by atoms with Crippen LogP contribution in [-0.4, -0.2) is 47.3 Å². The lowest BCUT2D eigenvalue weighted by Gasteiger charge is -2.36. The lowest BCUT2D eigenvalue weighted by molar-refractivity contribution is -0.130. The first-order chi connectivity index (χ1) is 15.5. The fourth-order valence-corrected chi connectivity index (χ4v) is 5.05. The molecule has 2 saturated heterocycles. The molecule has 3 aromatic rings. The molecule has 0 aliphatic carbocycles. The number of aromatic nitrogens is 2. The zero-order valence-corrected chi connectivity index (χ0v) is 18.7. The summed E-state index contributed by atoms with van der Waals surface area (Å²) in [5.74, 6) is 1.35. The van der Waals surface area contributed by atoms with E-state index < -0.39 is 0 Å². The number of ether oxygens (including phenoxy) is 1. The highest BCUT2D eigenvalue weighted by molar-refractivity contribution is 5.79. The van der Waals surface area contributed by atoms with Crippen molar-refractivity contribution in [3.05, 3.63) is 71.1 Å². The molecule has 6 heteroatoms. The molecule has 3 heterocycles. The Hall–Kier alpha value is -2.99. The second kappa shape index (κ2) is 8.51. The third-order valence-electron chi connectivity index (χ3n) is 7.13. The molecule has 1 spiro atoms. The van der Waals surface area contributed by atoms with Gasteiger partial charge in [0.25, 0.3) is 0 Å². The van der Waals surface area contributed by atoms with E-state index in [4.69, 9.17) is 9.15 Å². The van der Waals surface area contributed by atoms with Gasteiger partial charge in [0.2, 0.25) is 17.7 Å². The van der Waals surface area contributed by atoms with Crippen LogP contribution in [-0.2, 0) is 16.0 Å². The van der Waals surface area contributed by atoms with E-state index in [0.29, 0.717) is 44.5 Å². The molecule has 2 fully saturated rings. The van der Waals surface area contributed by atoms with Gasteiger partial charge in [-0.25, -0.2) is 0 Å². The van der Waals surface area contributed by atoms with Gasteiger partial charge in [-0.1, -0.05) is 42.0 Å². The van der Waals surface area contributed by atoms with Gasteiger partial charge in [0.1, 0.15) is 0 Å². The van der Waals surface area contributed by atoms with E-state index in [2.05, 4.69) is 30.1 Å². The lowest BCUT2D eigenvalue weighted by atomic mass is 9.72. The highest BCUT2D eigenvalue weighted by Gasteiger charge is 2.51. The van der Waals surface area contributed by atoms with Crippen molar-refractivity contribution in [3.8, 4) is 11.5 Å². The van der Waals surface area contributed by atoms with E-state index in [9.17, 15) is 4.79 Å². The third kappa shape index (κ3) is 3.95. The van der Waals surface area contributed by atoms with Crippen molar-refractivity contribution < 1.29 is 13.9 Å². The van der Waals surface area contributed by atoms with Crippen LogP contribution in [0.15, 0.2) is 52.9 Å². The summed E-state index contributed by atoms with van der Waals surface area (Å²) in [6, 6.07) is 16.2. The normalized spacial score (nSPS) is 20.1. The van der Waals surface area contributed by atoms with Gasteiger partial charge >= 0.3 is 0 Å². The maximum absolute atomic E-state index is 13.3. The van der Waals surface area contributed by atoms with Crippen LogP contribution >= 0.6 is 0 Å². The van der Waals surface area contributed by atoms with Gasteiger partial charge in [-0.15, -0.1) is 10.2 Å². The summed E-state index contributed by atoms with van der Waals surface area (Å²) in [6.07, 6.45) is 2.21. The van der Waals surface area contributed by atoms with Crippen LogP contribution in [0.1, 0.15) is 41.3 Å². The van der Waals surface area contributed by atoms with E-state index in [1.54, 1.807) is 0 Å². The monoisotopic (exact) mass is 431 g/mol. The Bertz CT molecular complexity index is 1100. The molecule has 6 nitrogen and oxygen atoms in total. The van der Waals surface area contributed by atoms with Gasteiger partial charge in [0, 0.05) is 37.3 Å². The van der Waals surface area contributed by atoms with Crippen molar-refractivity contribution >= 4 is 5.91 Å². The van der Waals surface area contributed by atoms with E-state index in [0.717, 1.165) is 29.5 Å². The average Bonchev–Trinajstić information content (AvgIpc) is 3.42. The van der Waals surface area contributed by atoms with Gasteiger partial charge in [-0.05, 0) is 49.9 Å². The molecule has 166 valence electrons. The number of likely N-dealkylation sites (tertiary alicyclic amines) is 1. The molecule has 5 rings (SSSR count). The Morgan fingerprint density at radius 3 is 2.56 bits per heavy atom. The van der Waals surface area contributed by atoms with Crippen molar-refractivity contribution in [3.63, 3.8) is 0 Å². The maximum Gasteiger partial charge on any atom is 0.247 e. The Balaban J connectivity index is 1.40. The van der Waals surface area contributed by atoms with E-state index in [1.165, 1.54) is 5.56 Å². The molecule has 1 unspecified atom stereocenters. The number of aryl methyl sites for hydroxylation is 2. The minimum absolute atomic E-state index is 0.0268. The smallest absolute Gasteiger partial charge is 0.247 e. The fraction of sp³-hybridized carbons (Fsp3) is 0.423. The first-order valence-electron chi connectivity index (χ1n) is 11.3. The number of nitrogens with zero attached hydrogens (tertiary/aromatic N) is 3. The van der Waals surface area contributed by atoms with Crippen LogP contribution in [0.4, 0.5) is 0 Å². The first-order valence-corrected chi connectivity index (χ1v) is 11.3. The van der Waals surface area contributed by atoms with Crippen molar-refractivity contribution in [2.45, 2.75) is 39.0 Å². The quantitative estimate of drug-likeness (QED) is 0.615. The largest absolute Gasteiger partial charge is 0.420 e. The molecular formula is C26H29N3O3. The van der Waals surface area contributed by atoms with E-state index >= 15 is 0 Å². The average molecular weight is 432 g/mol. The second-order valence-electron chi connectivity index (χ2n) is 9.22. The summed E-state index contributed by atoms with van der Waals surface area (Å²) < 4.78 is 11.8. The SMILES string of the molecule is Cc1ccc(-c2nnc(C3CN(C(=O)Cc4ccccc4C)CC34CCOCC4)o2)cc1. The molecule has 1 atom stereocenters. The number of hydrogen-bond donors (Lipinski definition) is 0. The first kappa shape index (κ1) is 20.9. The highest BCUT2D eigenvalue weighted by atomic mass is 16.5. The van der Waals surface area contributed by atoms with Crippen molar-refractivity contribution in [1.29, 1.82) is 0 Å². The minimum Gasteiger partial charge on any atom is -0.420 e. The summed E-state index contributed by atoms with van der Waals surface area (Å²) in [4.78, 5) is 15.3. The Morgan fingerprint density at radius 1 is 1.06 bits per heavy atom. The molecule has 0 radical (unpaired) electrons. The van der Waals surface area contributed by atoms with Gasteiger partial charge in [0.05, 0.1) is 12.3 Å². The van der Waals surface area contributed by atoms with Crippen LogP contribution in [0.2, 0.25) is 0 Å². The molecule has 2 aromatic carbocycles. The summed E-state index contributed by atoms with van der Waals surface area (Å²) in [5.41, 5.74) is 4.27. The van der Waals surface area contributed by atoms with Crippen LogP contribution < -0.4 is 0 Å². The van der Waals surface area contributed by atoms with Crippen LogP contribution in [0, 0.1) is 19.3 Å². The molecule has 0 N–H and O–H groups in total. The van der Waals surface area contributed by atoms with Crippen molar-refractivity contribution in [1.82, 2.24) is 15.1 Å². The predicted octanol–water partition coefficient (Wildman–Crippen LogP) is 4.32. The topological polar surface area (TPSA) is 68.5 Å². The van der Waals surface area contributed by atoms with Crippen molar-refractivity contribution in [2.24, 2.45) is 5.41 Å². The number of hydrogen-bond acceptors (Lipinski definition) is 5. The minimum atomic E-state index is -0.0727. The standard InChI is InChI=1S/C26H29N3O3/c1-18-7-9-20(10-8-18)24-27-28-25(32-24)22-16-29(17-26(22)11-13-31-14-12-26)23(30)15-21-6-4-3-5-19(21)2/h3-10,22H,11-17H2,1-2H3. The third-order valence-corrected chi connectivity index (χ3v) is 7.13. The fourth-order valence-electron chi connectivity index (χ4n) is 5.05. The van der Waals surface area contributed by atoms with Gasteiger partial charge < -0.3 is 14.1 Å². The molecule has 32 heavy (non-hydrogen) atoms. The molecule has 0 saturated carbocycles. The number of benzene rings is 2. The lowest BCUT2D eigenvalue weighted by Crippen LogP contribution is -2.37.